The average molecular weight is 648 g/mol. The van der Waals surface area contributed by atoms with E-state index in [4.69, 9.17) is 0 Å². The normalized spacial score (nSPS) is 12.2. The van der Waals surface area contributed by atoms with Gasteiger partial charge >= 0.3 is 0 Å². The molecule has 0 aliphatic heterocycles. The number of carbonyl (C=O) groups excluding carboxylic acids is 2. The molecule has 38 heavy (non-hydrogen) atoms. The number of rotatable bonds is 11. The Balaban J connectivity index is 2.00. The molecule has 0 saturated heterocycles. The first-order valence-electron chi connectivity index (χ1n) is 12.5. The predicted molar refractivity (Wildman–Crippen MR) is 159 cm³/mol. The maximum absolute atomic E-state index is 13.9. The molecule has 0 aliphatic rings. The Morgan fingerprint density at radius 3 is 2.11 bits per heavy atom. The first-order valence-corrected chi connectivity index (χ1v) is 15.0. The third-order valence-corrected chi connectivity index (χ3v) is 8.69. The van der Waals surface area contributed by atoms with E-state index in [1.165, 1.54) is 17.0 Å². The van der Waals surface area contributed by atoms with Crippen LogP contribution in [0.2, 0.25) is 0 Å². The van der Waals surface area contributed by atoms with Crippen LogP contribution >= 0.6 is 22.6 Å². The number of aryl methyl sites for hydroxylation is 1. The van der Waals surface area contributed by atoms with E-state index < -0.39 is 28.5 Å². The molecule has 0 radical (unpaired) electrons. The Morgan fingerprint density at radius 1 is 0.895 bits per heavy atom. The van der Waals surface area contributed by atoms with Gasteiger partial charge in [-0.15, -0.1) is 0 Å². The second-order valence-electron chi connectivity index (χ2n) is 9.56. The first-order chi connectivity index (χ1) is 18.0. The number of benzene rings is 3. The summed E-state index contributed by atoms with van der Waals surface area (Å²) in [7, 11) is -4.06. The van der Waals surface area contributed by atoms with Crippen molar-refractivity contribution in [1.82, 2.24) is 10.2 Å². The van der Waals surface area contributed by atoms with E-state index in [1.807, 2.05) is 45.0 Å². The highest BCUT2D eigenvalue weighted by atomic mass is 127. The van der Waals surface area contributed by atoms with E-state index in [0.29, 0.717) is 12.2 Å². The smallest absolute Gasteiger partial charge is 0.264 e. The summed E-state index contributed by atoms with van der Waals surface area (Å²) >= 11 is 2.14. The molecule has 0 aromatic heterocycles. The molecule has 3 aromatic carbocycles. The molecular formula is C29H34IN3O4S. The lowest BCUT2D eigenvalue weighted by molar-refractivity contribution is -0.139. The predicted octanol–water partition coefficient (Wildman–Crippen LogP) is 4.98. The third-order valence-electron chi connectivity index (χ3n) is 6.18. The van der Waals surface area contributed by atoms with Crippen LogP contribution in [0.25, 0.3) is 0 Å². The highest BCUT2D eigenvalue weighted by Crippen LogP contribution is 2.25. The van der Waals surface area contributed by atoms with Crippen molar-refractivity contribution in [3.05, 3.63) is 93.6 Å². The van der Waals surface area contributed by atoms with Crippen LogP contribution in [0.1, 0.15) is 31.9 Å². The number of hydrogen-bond donors (Lipinski definition) is 1. The lowest BCUT2D eigenvalue weighted by atomic mass is 10.1. The van der Waals surface area contributed by atoms with Crippen LogP contribution in [-0.4, -0.2) is 44.3 Å². The van der Waals surface area contributed by atoms with Crippen molar-refractivity contribution in [2.75, 3.05) is 17.4 Å². The Hall–Kier alpha value is -2.92. The topological polar surface area (TPSA) is 86.8 Å². The summed E-state index contributed by atoms with van der Waals surface area (Å²) < 4.78 is 29.5. The Morgan fingerprint density at radius 2 is 1.50 bits per heavy atom. The summed E-state index contributed by atoms with van der Waals surface area (Å²) in [6.07, 6.45) is 0. The Kier molecular flexibility index (Phi) is 10.3. The number of amides is 2. The summed E-state index contributed by atoms with van der Waals surface area (Å²) in [6.45, 7) is 7.81. The fourth-order valence-electron chi connectivity index (χ4n) is 3.86. The largest absolute Gasteiger partial charge is 0.354 e. The fraction of sp³-hybridized carbons (Fsp3) is 0.310. The number of nitrogens with one attached hydrogen (secondary N) is 1. The van der Waals surface area contributed by atoms with Gasteiger partial charge in [-0.2, -0.15) is 0 Å². The van der Waals surface area contributed by atoms with Gasteiger partial charge in [-0.25, -0.2) is 8.42 Å². The maximum Gasteiger partial charge on any atom is 0.264 e. The number of nitrogens with zero attached hydrogens (tertiary/aromatic N) is 2. The zero-order chi connectivity index (χ0) is 27.9. The van der Waals surface area contributed by atoms with Crippen LogP contribution in [0.4, 0.5) is 5.69 Å². The zero-order valence-corrected chi connectivity index (χ0v) is 25.1. The molecule has 0 spiro atoms. The van der Waals surface area contributed by atoms with Gasteiger partial charge in [0.15, 0.2) is 0 Å². The van der Waals surface area contributed by atoms with Gasteiger partial charge in [0.05, 0.1) is 10.6 Å². The van der Waals surface area contributed by atoms with E-state index in [9.17, 15) is 18.0 Å². The van der Waals surface area contributed by atoms with Gasteiger partial charge in [0, 0.05) is 16.7 Å². The van der Waals surface area contributed by atoms with E-state index in [-0.39, 0.29) is 23.3 Å². The van der Waals surface area contributed by atoms with Crippen LogP contribution < -0.4 is 9.62 Å². The highest BCUT2D eigenvalue weighted by Gasteiger charge is 2.32. The van der Waals surface area contributed by atoms with Gasteiger partial charge in [-0.1, -0.05) is 56.3 Å². The van der Waals surface area contributed by atoms with Crippen molar-refractivity contribution >= 4 is 50.1 Å². The summed E-state index contributed by atoms with van der Waals surface area (Å²) in [5.74, 6) is -0.509. The van der Waals surface area contributed by atoms with Gasteiger partial charge in [0.1, 0.15) is 12.6 Å². The minimum absolute atomic E-state index is 0.0829. The van der Waals surface area contributed by atoms with E-state index >= 15 is 0 Å². The van der Waals surface area contributed by atoms with E-state index in [1.54, 1.807) is 49.4 Å². The van der Waals surface area contributed by atoms with Crippen molar-refractivity contribution < 1.29 is 18.0 Å². The van der Waals surface area contributed by atoms with E-state index in [2.05, 4.69) is 27.9 Å². The molecule has 3 aromatic rings. The molecule has 0 saturated carbocycles. The molecule has 0 heterocycles. The molecular weight excluding hydrogens is 613 g/mol. The first kappa shape index (κ1) is 29.6. The minimum Gasteiger partial charge on any atom is -0.354 e. The summed E-state index contributed by atoms with van der Waals surface area (Å²) in [4.78, 5) is 28.5. The fourth-order valence-corrected chi connectivity index (χ4v) is 5.66. The number of sulfonamides is 1. The Bertz CT molecular complexity index is 1350. The highest BCUT2D eigenvalue weighted by molar-refractivity contribution is 14.1. The second kappa shape index (κ2) is 13.2. The van der Waals surface area contributed by atoms with Gasteiger partial charge in [0.2, 0.25) is 11.8 Å². The summed E-state index contributed by atoms with van der Waals surface area (Å²) in [6, 6.07) is 21.8. The van der Waals surface area contributed by atoms with Crippen molar-refractivity contribution in [3.8, 4) is 0 Å². The molecule has 3 rings (SSSR count). The van der Waals surface area contributed by atoms with Crippen molar-refractivity contribution in [2.24, 2.45) is 5.92 Å². The average Bonchev–Trinajstić information content (AvgIpc) is 2.90. The van der Waals surface area contributed by atoms with Crippen LogP contribution in [0, 0.1) is 16.4 Å². The molecule has 0 aliphatic carbocycles. The molecule has 7 nitrogen and oxygen atoms in total. The van der Waals surface area contributed by atoms with Crippen molar-refractivity contribution in [3.63, 3.8) is 0 Å². The quantitative estimate of drug-likeness (QED) is 0.298. The molecule has 9 heteroatoms. The molecule has 2 amide bonds. The second-order valence-corrected chi connectivity index (χ2v) is 12.7. The van der Waals surface area contributed by atoms with Crippen molar-refractivity contribution in [1.29, 1.82) is 0 Å². The van der Waals surface area contributed by atoms with Crippen LogP contribution in [0.15, 0.2) is 83.8 Å². The van der Waals surface area contributed by atoms with Gasteiger partial charge in [0.25, 0.3) is 10.0 Å². The van der Waals surface area contributed by atoms with Crippen LogP contribution in [0.5, 0.6) is 0 Å². The SMILES string of the molecule is Cc1ccccc1CN(C(=O)CN(c1ccc(I)cc1)S(=O)(=O)c1ccccc1)[C@H](C)C(=O)NCC(C)C. The molecule has 1 atom stereocenters. The number of anilines is 1. The summed E-state index contributed by atoms with van der Waals surface area (Å²) in [5.41, 5.74) is 2.23. The van der Waals surface area contributed by atoms with Crippen molar-refractivity contribution in [2.45, 2.75) is 45.2 Å². The molecule has 0 fully saturated rings. The maximum atomic E-state index is 13.9. The van der Waals surface area contributed by atoms with Crippen LogP contribution in [-0.2, 0) is 26.2 Å². The lowest BCUT2D eigenvalue weighted by Crippen LogP contribution is -2.51. The Labute approximate surface area is 239 Å². The number of hydrogen-bond acceptors (Lipinski definition) is 4. The number of halogens is 1. The van der Waals surface area contributed by atoms with Crippen LogP contribution in [0.3, 0.4) is 0 Å². The minimum atomic E-state index is -4.06. The van der Waals surface area contributed by atoms with Gasteiger partial charge in [-0.05, 0) is 89.9 Å². The molecule has 0 bridgehead atoms. The lowest BCUT2D eigenvalue weighted by Gasteiger charge is -2.32. The molecule has 202 valence electrons. The number of carbonyl (C=O) groups is 2. The van der Waals surface area contributed by atoms with Gasteiger partial charge < -0.3 is 10.2 Å². The summed E-state index contributed by atoms with van der Waals surface area (Å²) in [5, 5.41) is 2.90. The van der Waals surface area contributed by atoms with Gasteiger partial charge in [-0.3, -0.25) is 13.9 Å². The zero-order valence-electron chi connectivity index (χ0n) is 22.1. The third kappa shape index (κ3) is 7.57. The monoisotopic (exact) mass is 647 g/mol. The molecule has 0 unspecified atom stereocenters. The van der Waals surface area contributed by atoms with E-state index in [0.717, 1.165) is 19.0 Å². The standard InChI is InChI=1S/C29H34IN3O4S/c1-21(2)18-31-29(35)23(4)32(19-24-11-9-8-10-22(24)3)28(34)20-33(26-16-14-25(30)15-17-26)38(36,37)27-12-6-5-7-13-27/h5-17,21,23H,18-20H2,1-4H3,(H,31,35)/t23-/m1/s1. The molecule has 1 N–H and O–H groups in total.